The smallest absolute Gasteiger partial charge is 0.0703 e. The van der Waals surface area contributed by atoms with Gasteiger partial charge >= 0.3 is 0 Å². The summed E-state index contributed by atoms with van der Waals surface area (Å²) in [5, 5.41) is 8.93. The van der Waals surface area contributed by atoms with Crippen molar-refractivity contribution < 1.29 is 0 Å². The Labute approximate surface area is 79.5 Å². The SMILES string of the molecule is CN(CC1(C#N)CC1)C1CC(N)C1. The Kier molecular flexibility index (Phi) is 2.05. The lowest BCUT2D eigenvalue weighted by atomic mass is 9.86. The molecule has 0 saturated heterocycles. The van der Waals surface area contributed by atoms with Gasteiger partial charge in [0.05, 0.1) is 11.5 Å². The van der Waals surface area contributed by atoms with E-state index in [-0.39, 0.29) is 5.41 Å². The topological polar surface area (TPSA) is 53.0 Å². The summed E-state index contributed by atoms with van der Waals surface area (Å²) < 4.78 is 0. The van der Waals surface area contributed by atoms with Gasteiger partial charge in [0.25, 0.3) is 0 Å². The lowest BCUT2D eigenvalue weighted by molar-refractivity contribution is 0.125. The highest BCUT2D eigenvalue weighted by Crippen LogP contribution is 2.46. The maximum absolute atomic E-state index is 8.93. The molecule has 2 aliphatic carbocycles. The van der Waals surface area contributed by atoms with Crippen LogP contribution in [0, 0.1) is 16.7 Å². The molecule has 2 saturated carbocycles. The molecule has 0 aromatic heterocycles. The van der Waals surface area contributed by atoms with Crippen LogP contribution in [0.25, 0.3) is 0 Å². The Balaban J connectivity index is 1.79. The number of rotatable bonds is 3. The molecule has 2 fully saturated rings. The first-order valence-corrected chi connectivity index (χ1v) is 5.02. The number of nitrogens with zero attached hydrogens (tertiary/aromatic N) is 2. The number of nitriles is 1. The van der Waals surface area contributed by atoms with E-state index in [9.17, 15) is 0 Å². The fraction of sp³-hybridized carbons (Fsp3) is 0.900. The summed E-state index contributed by atoms with van der Waals surface area (Å²) >= 11 is 0. The molecule has 0 radical (unpaired) electrons. The summed E-state index contributed by atoms with van der Waals surface area (Å²) in [7, 11) is 2.12. The van der Waals surface area contributed by atoms with E-state index in [0.717, 1.165) is 32.2 Å². The molecule has 0 unspecified atom stereocenters. The zero-order chi connectivity index (χ0) is 9.47. The number of nitrogens with two attached hydrogens (primary N) is 1. The lowest BCUT2D eigenvalue weighted by Gasteiger charge is -2.40. The lowest BCUT2D eigenvalue weighted by Crippen LogP contribution is -2.50. The van der Waals surface area contributed by atoms with Crippen LogP contribution in [-0.4, -0.2) is 30.6 Å². The van der Waals surface area contributed by atoms with Crippen LogP contribution in [-0.2, 0) is 0 Å². The third kappa shape index (κ3) is 1.70. The van der Waals surface area contributed by atoms with Crippen LogP contribution < -0.4 is 5.73 Å². The molecule has 3 nitrogen and oxygen atoms in total. The molecule has 13 heavy (non-hydrogen) atoms. The summed E-state index contributed by atoms with van der Waals surface area (Å²) in [5.74, 6) is 0. The quantitative estimate of drug-likeness (QED) is 0.694. The maximum Gasteiger partial charge on any atom is 0.0703 e. The highest BCUT2D eigenvalue weighted by Gasteiger charge is 2.45. The molecule has 0 heterocycles. The average Bonchev–Trinajstić information content (AvgIpc) is 2.80. The second-order valence-electron chi connectivity index (χ2n) is 4.69. The highest BCUT2D eigenvalue weighted by atomic mass is 15.2. The Hall–Kier alpha value is -0.590. The fourth-order valence-corrected chi connectivity index (χ4v) is 2.05. The first-order chi connectivity index (χ1) is 6.15. The van der Waals surface area contributed by atoms with E-state index in [1.807, 2.05) is 0 Å². The molecule has 2 aliphatic rings. The summed E-state index contributed by atoms with van der Waals surface area (Å²) in [6, 6.07) is 3.47. The van der Waals surface area contributed by atoms with E-state index in [4.69, 9.17) is 11.0 Å². The molecule has 2 N–H and O–H groups in total. The van der Waals surface area contributed by atoms with Gasteiger partial charge in [0.2, 0.25) is 0 Å². The molecule has 0 bridgehead atoms. The second-order valence-corrected chi connectivity index (χ2v) is 4.69. The van der Waals surface area contributed by atoms with Gasteiger partial charge in [0.1, 0.15) is 0 Å². The Morgan fingerprint density at radius 3 is 2.54 bits per heavy atom. The first-order valence-electron chi connectivity index (χ1n) is 5.02. The van der Waals surface area contributed by atoms with Gasteiger partial charge in [-0.2, -0.15) is 5.26 Å². The van der Waals surface area contributed by atoms with Crippen LogP contribution in [0.4, 0.5) is 0 Å². The molecule has 0 amide bonds. The monoisotopic (exact) mass is 179 g/mol. The van der Waals surface area contributed by atoms with Crippen LogP contribution in [0.15, 0.2) is 0 Å². The minimum Gasteiger partial charge on any atom is -0.328 e. The third-order valence-electron chi connectivity index (χ3n) is 3.42. The van der Waals surface area contributed by atoms with Crippen molar-refractivity contribution in [3.05, 3.63) is 0 Å². The van der Waals surface area contributed by atoms with Crippen LogP contribution >= 0.6 is 0 Å². The molecule has 72 valence electrons. The largest absolute Gasteiger partial charge is 0.328 e. The first kappa shape index (κ1) is 8.98. The molecule has 0 aliphatic heterocycles. The van der Waals surface area contributed by atoms with Crippen molar-refractivity contribution in [2.75, 3.05) is 13.6 Å². The van der Waals surface area contributed by atoms with Gasteiger partial charge in [0.15, 0.2) is 0 Å². The van der Waals surface area contributed by atoms with Crippen molar-refractivity contribution in [1.29, 1.82) is 5.26 Å². The summed E-state index contributed by atoms with van der Waals surface area (Å²) in [6.07, 6.45) is 4.40. The second kappa shape index (κ2) is 2.97. The fourth-order valence-electron chi connectivity index (χ4n) is 2.05. The summed E-state index contributed by atoms with van der Waals surface area (Å²) in [6.45, 7) is 0.945. The summed E-state index contributed by atoms with van der Waals surface area (Å²) in [4.78, 5) is 2.32. The van der Waals surface area contributed by atoms with Crippen molar-refractivity contribution in [2.45, 2.75) is 37.8 Å². The van der Waals surface area contributed by atoms with Gasteiger partial charge in [-0.05, 0) is 32.7 Å². The molecule has 3 heteroatoms. The van der Waals surface area contributed by atoms with Crippen molar-refractivity contribution in [3.63, 3.8) is 0 Å². The van der Waals surface area contributed by atoms with E-state index >= 15 is 0 Å². The van der Waals surface area contributed by atoms with E-state index in [1.165, 1.54) is 0 Å². The number of hydrogen-bond acceptors (Lipinski definition) is 3. The van der Waals surface area contributed by atoms with Crippen LogP contribution in [0.2, 0.25) is 0 Å². The van der Waals surface area contributed by atoms with E-state index in [0.29, 0.717) is 12.1 Å². The highest BCUT2D eigenvalue weighted by molar-refractivity contribution is 5.11. The Morgan fingerprint density at radius 2 is 2.15 bits per heavy atom. The van der Waals surface area contributed by atoms with Crippen molar-refractivity contribution in [2.24, 2.45) is 11.1 Å². The normalized spacial score (nSPS) is 35.2. The van der Waals surface area contributed by atoms with Gasteiger partial charge < -0.3 is 10.6 Å². The van der Waals surface area contributed by atoms with Gasteiger partial charge in [-0.15, -0.1) is 0 Å². The van der Waals surface area contributed by atoms with Gasteiger partial charge in [-0.1, -0.05) is 0 Å². The van der Waals surface area contributed by atoms with Gasteiger partial charge in [0, 0.05) is 18.6 Å². The molecule has 0 aromatic carbocycles. The zero-order valence-electron chi connectivity index (χ0n) is 8.16. The van der Waals surface area contributed by atoms with Crippen LogP contribution in [0.5, 0.6) is 0 Å². The van der Waals surface area contributed by atoms with E-state index in [1.54, 1.807) is 0 Å². The predicted molar refractivity (Wildman–Crippen MR) is 50.9 cm³/mol. The Bertz CT molecular complexity index is 233. The molecular formula is C10H17N3. The molecule has 2 rings (SSSR count). The Morgan fingerprint density at radius 1 is 1.54 bits per heavy atom. The van der Waals surface area contributed by atoms with Crippen LogP contribution in [0.1, 0.15) is 25.7 Å². The van der Waals surface area contributed by atoms with Crippen LogP contribution in [0.3, 0.4) is 0 Å². The van der Waals surface area contributed by atoms with Crippen molar-refractivity contribution in [1.82, 2.24) is 4.90 Å². The molecular weight excluding hydrogens is 162 g/mol. The maximum atomic E-state index is 8.93. The van der Waals surface area contributed by atoms with E-state index < -0.39 is 0 Å². The van der Waals surface area contributed by atoms with Gasteiger partial charge in [-0.25, -0.2) is 0 Å². The van der Waals surface area contributed by atoms with Crippen molar-refractivity contribution >= 4 is 0 Å². The van der Waals surface area contributed by atoms with Gasteiger partial charge in [-0.3, -0.25) is 0 Å². The average molecular weight is 179 g/mol. The van der Waals surface area contributed by atoms with Crippen molar-refractivity contribution in [3.8, 4) is 6.07 Å². The summed E-state index contributed by atoms with van der Waals surface area (Å²) in [5.41, 5.74) is 5.74. The predicted octanol–water partition coefficient (Wildman–Crippen LogP) is 0.712. The zero-order valence-corrected chi connectivity index (χ0v) is 8.16. The van der Waals surface area contributed by atoms with E-state index in [2.05, 4.69) is 18.0 Å². The minimum absolute atomic E-state index is 0.00837. The molecule has 0 spiro atoms. The number of hydrogen-bond donors (Lipinski definition) is 1. The minimum atomic E-state index is 0.00837. The molecule has 0 aromatic rings. The third-order valence-corrected chi connectivity index (χ3v) is 3.42. The molecule has 0 atom stereocenters. The standard InChI is InChI=1S/C10H17N3/c1-13(9-4-8(12)5-9)7-10(6-11)2-3-10/h8-9H,2-5,7,12H2,1H3.